The first-order chi connectivity index (χ1) is 14.1. The lowest BCUT2D eigenvalue weighted by Crippen LogP contribution is -2.62. The first-order valence-electron chi connectivity index (χ1n) is 11.0. The number of fused-ring (bicyclic) bond motifs is 1. The summed E-state index contributed by atoms with van der Waals surface area (Å²) in [6.45, 7) is 3.35. The average Bonchev–Trinajstić information content (AvgIpc) is 3.52. The number of likely N-dealkylation sites (tertiary alicyclic amines) is 1. The first kappa shape index (κ1) is 20.6. The Labute approximate surface area is 175 Å². The van der Waals surface area contributed by atoms with Gasteiger partial charge in [0.05, 0.1) is 0 Å². The maximum absolute atomic E-state index is 12.8. The van der Waals surface area contributed by atoms with Crippen molar-refractivity contribution in [2.45, 2.75) is 81.3 Å². The van der Waals surface area contributed by atoms with Gasteiger partial charge in [-0.2, -0.15) is 21.6 Å². The number of benzene rings is 1. The molecule has 4 nitrogen and oxygen atoms in total. The van der Waals surface area contributed by atoms with E-state index in [9.17, 15) is 21.6 Å². The summed E-state index contributed by atoms with van der Waals surface area (Å²) in [5.41, 5.74) is -3.33. The second-order valence-corrected chi connectivity index (χ2v) is 11.2. The normalized spacial score (nSPS) is 32.8. The third kappa shape index (κ3) is 3.17. The molecule has 0 spiro atoms. The fraction of sp³-hybridized carbons (Fsp3) is 0.727. The van der Waals surface area contributed by atoms with Gasteiger partial charge in [0.25, 0.3) is 0 Å². The van der Waals surface area contributed by atoms with Crippen LogP contribution in [0.25, 0.3) is 0 Å². The Hall–Kier alpha value is -1.28. The minimum absolute atomic E-state index is 0.0718. The number of alkyl halides is 3. The van der Waals surface area contributed by atoms with Gasteiger partial charge in [0.15, 0.2) is 0 Å². The predicted molar refractivity (Wildman–Crippen MR) is 107 cm³/mol. The van der Waals surface area contributed by atoms with Gasteiger partial charge in [-0.1, -0.05) is 18.9 Å². The smallest absolute Gasteiger partial charge is 0.376 e. The topological polar surface area (TPSA) is 46.6 Å². The highest BCUT2D eigenvalue weighted by Crippen LogP contribution is 2.57. The van der Waals surface area contributed by atoms with E-state index in [1.54, 1.807) is 12.1 Å². The highest BCUT2D eigenvalue weighted by atomic mass is 32.2. The van der Waals surface area contributed by atoms with E-state index in [2.05, 4.69) is 16.0 Å². The van der Waals surface area contributed by atoms with E-state index >= 15 is 0 Å². The molecule has 4 aliphatic rings. The molecule has 5 rings (SSSR count). The maximum Gasteiger partial charge on any atom is 0.534 e. The lowest BCUT2D eigenvalue weighted by Gasteiger charge is -2.60. The summed E-state index contributed by atoms with van der Waals surface area (Å²) in [4.78, 5) is 2.70. The van der Waals surface area contributed by atoms with Crippen molar-refractivity contribution in [1.82, 2.24) is 4.90 Å². The summed E-state index contributed by atoms with van der Waals surface area (Å²) < 4.78 is 65.9. The standard InChI is InChI=1S/C22H28F3NO3S/c1-14(15-5-6-15)26-11-10-21-9-3-2-4-18(21)20(26)12-16-7-8-17(13-19(16)21)29-30(27,28)22(23,24)25/h7-8,13-15,18,20H,2-6,9-12H2,1H3/t14?,18?,20-,21-/m1/s1. The molecule has 3 fully saturated rings. The number of halogens is 3. The van der Waals surface area contributed by atoms with Gasteiger partial charge in [-0.15, -0.1) is 0 Å². The van der Waals surface area contributed by atoms with Crippen LogP contribution in [0.15, 0.2) is 18.2 Å². The van der Waals surface area contributed by atoms with Crippen LogP contribution in [0, 0.1) is 11.8 Å². The largest absolute Gasteiger partial charge is 0.534 e. The van der Waals surface area contributed by atoms with Gasteiger partial charge in [0.1, 0.15) is 5.75 Å². The van der Waals surface area contributed by atoms with Crippen LogP contribution in [0.5, 0.6) is 5.75 Å². The molecule has 1 aromatic rings. The molecular formula is C22H28F3NO3S. The molecule has 2 bridgehead atoms. The van der Waals surface area contributed by atoms with Crippen LogP contribution >= 0.6 is 0 Å². The van der Waals surface area contributed by atoms with Crippen LogP contribution in [0.3, 0.4) is 0 Å². The number of nitrogens with zero attached hydrogens (tertiary/aromatic N) is 1. The van der Waals surface area contributed by atoms with Gasteiger partial charge in [0.2, 0.25) is 0 Å². The summed E-state index contributed by atoms with van der Waals surface area (Å²) in [6, 6.07) is 5.81. The van der Waals surface area contributed by atoms with Crippen molar-refractivity contribution in [3.05, 3.63) is 29.3 Å². The zero-order chi connectivity index (χ0) is 21.3. The van der Waals surface area contributed by atoms with Crippen LogP contribution in [-0.2, 0) is 22.0 Å². The molecule has 0 radical (unpaired) electrons. The molecule has 4 atom stereocenters. The van der Waals surface area contributed by atoms with Gasteiger partial charge in [-0.25, -0.2) is 0 Å². The fourth-order valence-corrected chi connectivity index (χ4v) is 7.05. The number of piperidine rings is 1. The first-order valence-corrected chi connectivity index (χ1v) is 12.4. The molecular weight excluding hydrogens is 415 g/mol. The van der Waals surface area contributed by atoms with E-state index in [-0.39, 0.29) is 11.2 Å². The van der Waals surface area contributed by atoms with Gasteiger partial charge >= 0.3 is 15.6 Å². The molecule has 2 saturated carbocycles. The van der Waals surface area contributed by atoms with Gasteiger partial charge in [-0.05, 0) is 87.1 Å². The molecule has 1 aromatic carbocycles. The Morgan fingerprint density at radius 1 is 1.17 bits per heavy atom. The molecule has 166 valence electrons. The average molecular weight is 444 g/mol. The van der Waals surface area contributed by atoms with Crippen LogP contribution in [0.4, 0.5) is 13.2 Å². The molecule has 1 heterocycles. The van der Waals surface area contributed by atoms with Crippen LogP contribution in [-0.4, -0.2) is 37.5 Å². The zero-order valence-electron chi connectivity index (χ0n) is 17.1. The zero-order valence-corrected chi connectivity index (χ0v) is 17.9. The summed E-state index contributed by atoms with van der Waals surface area (Å²) >= 11 is 0. The molecule has 3 aliphatic carbocycles. The Kier molecular flexibility index (Phi) is 4.71. The summed E-state index contributed by atoms with van der Waals surface area (Å²) in [5.74, 6) is 1.05. The lowest BCUT2D eigenvalue weighted by molar-refractivity contribution is -0.0500. The van der Waals surface area contributed by atoms with E-state index in [1.807, 2.05) is 0 Å². The molecule has 0 amide bonds. The third-order valence-corrected chi connectivity index (χ3v) is 9.15. The van der Waals surface area contributed by atoms with Crippen molar-refractivity contribution in [3.63, 3.8) is 0 Å². The van der Waals surface area contributed by atoms with E-state index < -0.39 is 15.6 Å². The van der Waals surface area contributed by atoms with Crippen LogP contribution in [0.1, 0.15) is 63.0 Å². The predicted octanol–water partition coefficient (Wildman–Crippen LogP) is 4.77. The maximum atomic E-state index is 12.8. The van der Waals surface area contributed by atoms with Crippen LogP contribution in [0.2, 0.25) is 0 Å². The third-order valence-electron chi connectivity index (χ3n) is 8.17. The molecule has 0 N–H and O–H groups in total. The van der Waals surface area contributed by atoms with Crippen molar-refractivity contribution in [2.24, 2.45) is 11.8 Å². The lowest BCUT2D eigenvalue weighted by atomic mass is 9.52. The second-order valence-electron chi connectivity index (χ2n) is 9.65. The minimum Gasteiger partial charge on any atom is -0.376 e. The molecule has 1 aliphatic heterocycles. The molecule has 0 aromatic heterocycles. The second kappa shape index (κ2) is 6.86. The van der Waals surface area contributed by atoms with E-state index in [0.29, 0.717) is 18.0 Å². The van der Waals surface area contributed by atoms with E-state index in [1.165, 1.54) is 25.3 Å². The highest BCUT2D eigenvalue weighted by molar-refractivity contribution is 7.88. The molecule has 30 heavy (non-hydrogen) atoms. The quantitative estimate of drug-likeness (QED) is 0.497. The van der Waals surface area contributed by atoms with Crippen LogP contribution < -0.4 is 4.18 Å². The molecule has 2 unspecified atom stereocenters. The van der Waals surface area contributed by atoms with Gasteiger partial charge in [-0.3, -0.25) is 4.90 Å². The van der Waals surface area contributed by atoms with Crippen molar-refractivity contribution in [3.8, 4) is 5.75 Å². The SMILES string of the molecule is CC(C1CC1)N1CC[C@]23CCCCC2[C@H]1Cc1ccc(OS(=O)(=O)C(F)(F)F)cc13. The van der Waals surface area contributed by atoms with Crippen molar-refractivity contribution < 1.29 is 25.8 Å². The highest BCUT2D eigenvalue weighted by Gasteiger charge is 2.55. The molecule has 1 saturated heterocycles. The number of hydrogen-bond donors (Lipinski definition) is 0. The minimum atomic E-state index is -5.66. The van der Waals surface area contributed by atoms with Gasteiger partial charge < -0.3 is 4.18 Å². The number of rotatable bonds is 4. The van der Waals surface area contributed by atoms with E-state index in [4.69, 9.17) is 0 Å². The Balaban J connectivity index is 1.52. The Morgan fingerprint density at radius 2 is 1.93 bits per heavy atom. The van der Waals surface area contributed by atoms with Crippen molar-refractivity contribution in [1.29, 1.82) is 0 Å². The molecule has 8 heteroatoms. The van der Waals surface area contributed by atoms with Gasteiger partial charge in [0, 0.05) is 17.5 Å². The summed E-state index contributed by atoms with van der Waals surface area (Å²) in [5, 5.41) is 0. The van der Waals surface area contributed by atoms with Crippen molar-refractivity contribution in [2.75, 3.05) is 6.54 Å². The Morgan fingerprint density at radius 3 is 2.63 bits per heavy atom. The number of hydrogen-bond acceptors (Lipinski definition) is 4. The van der Waals surface area contributed by atoms with Crippen molar-refractivity contribution >= 4 is 10.1 Å². The fourth-order valence-electron chi connectivity index (χ4n) is 6.59. The summed E-state index contributed by atoms with van der Waals surface area (Å²) in [7, 11) is -5.66. The summed E-state index contributed by atoms with van der Waals surface area (Å²) in [6.07, 6.45) is 8.91. The van der Waals surface area contributed by atoms with E-state index in [0.717, 1.165) is 55.7 Å². The monoisotopic (exact) mass is 443 g/mol. The Bertz CT molecular complexity index is 943.